The van der Waals surface area contributed by atoms with E-state index in [1.54, 1.807) is 0 Å². The van der Waals surface area contributed by atoms with Gasteiger partial charge in [0.25, 0.3) is 0 Å². The third kappa shape index (κ3) is 3.67. The molecule has 3 heteroatoms. The first-order valence-electron chi connectivity index (χ1n) is 7.25. The highest BCUT2D eigenvalue weighted by atomic mass is 16.5. The number of methoxy groups -OCH3 is 1. The smallest absolute Gasteiger partial charge is 0.0572 e. The lowest BCUT2D eigenvalue weighted by Crippen LogP contribution is -2.45. The summed E-state index contributed by atoms with van der Waals surface area (Å²) in [5.74, 6) is 0.909. The molecule has 17 heavy (non-hydrogen) atoms. The lowest BCUT2D eigenvalue weighted by Gasteiger charge is -2.40. The Bertz CT molecular complexity index is 206. The van der Waals surface area contributed by atoms with E-state index in [-0.39, 0.29) is 0 Å². The van der Waals surface area contributed by atoms with E-state index >= 15 is 0 Å². The van der Waals surface area contributed by atoms with Crippen molar-refractivity contribution < 1.29 is 4.74 Å². The zero-order chi connectivity index (χ0) is 12.1. The highest BCUT2D eigenvalue weighted by Crippen LogP contribution is 2.28. The molecule has 0 radical (unpaired) electrons. The summed E-state index contributed by atoms with van der Waals surface area (Å²) >= 11 is 0. The molecule has 0 atom stereocenters. The molecule has 2 fully saturated rings. The summed E-state index contributed by atoms with van der Waals surface area (Å²) in [4.78, 5) is 2.73. The monoisotopic (exact) mass is 240 g/mol. The van der Waals surface area contributed by atoms with Crippen molar-refractivity contribution in [2.24, 2.45) is 5.92 Å². The van der Waals surface area contributed by atoms with Crippen molar-refractivity contribution in [1.82, 2.24) is 10.2 Å². The molecule has 0 bridgehead atoms. The minimum absolute atomic E-state index is 0.535. The molecule has 0 aromatic heterocycles. The Hall–Kier alpha value is -0.120. The molecule has 1 aliphatic heterocycles. The van der Waals surface area contributed by atoms with Gasteiger partial charge in [0.2, 0.25) is 0 Å². The van der Waals surface area contributed by atoms with Crippen LogP contribution in [0.1, 0.15) is 38.5 Å². The Balaban J connectivity index is 1.70. The molecular formula is C14H28N2O. The molecule has 2 aliphatic rings. The fraction of sp³-hybridized carbons (Fsp3) is 1.00. The molecule has 3 nitrogen and oxygen atoms in total. The molecular weight excluding hydrogens is 212 g/mol. The second-order valence-corrected chi connectivity index (χ2v) is 5.70. The molecule has 0 aromatic rings. The molecule has 1 N–H and O–H groups in total. The van der Waals surface area contributed by atoms with Crippen molar-refractivity contribution in [3.63, 3.8) is 0 Å². The molecule has 2 rings (SSSR count). The van der Waals surface area contributed by atoms with Crippen LogP contribution in [0.3, 0.4) is 0 Å². The maximum Gasteiger partial charge on any atom is 0.0572 e. The largest absolute Gasteiger partial charge is 0.381 e. The maximum atomic E-state index is 5.45. The Morgan fingerprint density at radius 2 is 1.71 bits per heavy atom. The number of piperidine rings is 1. The van der Waals surface area contributed by atoms with Crippen LogP contribution in [0.25, 0.3) is 0 Å². The lowest BCUT2D eigenvalue weighted by molar-refractivity contribution is 0.0291. The van der Waals surface area contributed by atoms with Gasteiger partial charge in [-0.2, -0.15) is 0 Å². The van der Waals surface area contributed by atoms with Crippen LogP contribution in [0.2, 0.25) is 0 Å². The van der Waals surface area contributed by atoms with Gasteiger partial charge in [-0.15, -0.1) is 0 Å². The third-order valence-electron chi connectivity index (χ3n) is 4.64. The summed E-state index contributed by atoms with van der Waals surface area (Å²) in [5.41, 5.74) is 0. The van der Waals surface area contributed by atoms with Crippen LogP contribution in [0, 0.1) is 5.92 Å². The first-order chi connectivity index (χ1) is 8.33. The Morgan fingerprint density at radius 3 is 2.24 bits per heavy atom. The minimum Gasteiger partial charge on any atom is -0.381 e. The summed E-state index contributed by atoms with van der Waals surface area (Å²) in [5, 5.41) is 3.31. The van der Waals surface area contributed by atoms with E-state index < -0.39 is 0 Å². The summed E-state index contributed by atoms with van der Waals surface area (Å²) in [7, 11) is 3.92. The van der Waals surface area contributed by atoms with E-state index in [0.29, 0.717) is 6.10 Å². The average Bonchev–Trinajstić information content (AvgIpc) is 2.40. The number of rotatable bonds is 4. The fourth-order valence-corrected chi connectivity index (χ4v) is 3.46. The summed E-state index contributed by atoms with van der Waals surface area (Å²) in [6, 6.07) is 0.844. The van der Waals surface area contributed by atoms with Gasteiger partial charge in [-0.1, -0.05) is 0 Å². The van der Waals surface area contributed by atoms with Crippen LogP contribution in [0.4, 0.5) is 0 Å². The van der Waals surface area contributed by atoms with Gasteiger partial charge >= 0.3 is 0 Å². The third-order valence-corrected chi connectivity index (χ3v) is 4.64. The normalized spacial score (nSPS) is 32.8. The second kappa shape index (κ2) is 6.72. The Kier molecular flexibility index (Phi) is 5.26. The van der Waals surface area contributed by atoms with Gasteiger partial charge in [0, 0.05) is 13.2 Å². The van der Waals surface area contributed by atoms with Gasteiger partial charge in [-0.3, -0.25) is 0 Å². The maximum absolute atomic E-state index is 5.45. The molecule has 0 spiro atoms. The molecule has 100 valence electrons. The minimum atomic E-state index is 0.535. The SMILES string of the molecule is CNCC1CCN(C2CCC(OC)CC2)CC1. The molecule has 0 aromatic carbocycles. The highest BCUT2D eigenvalue weighted by molar-refractivity contribution is 4.83. The van der Waals surface area contributed by atoms with Gasteiger partial charge in [0.15, 0.2) is 0 Å². The molecule has 0 amide bonds. The first-order valence-corrected chi connectivity index (χ1v) is 7.25. The van der Waals surface area contributed by atoms with Crippen LogP contribution in [-0.2, 0) is 4.74 Å². The highest BCUT2D eigenvalue weighted by Gasteiger charge is 2.28. The molecule has 0 unspecified atom stereocenters. The van der Waals surface area contributed by atoms with Crippen molar-refractivity contribution in [3.8, 4) is 0 Å². The van der Waals surface area contributed by atoms with Crippen LogP contribution in [0.5, 0.6) is 0 Å². The molecule has 1 heterocycles. The summed E-state index contributed by atoms with van der Waals surface area (Å²) in [6.45, 7) is 3.83. The van der Waals surface area contributed by atoms with Crippen molar-refractivity contribution in [1.29, 1.82) is 0 Å². The Labute approximate surface area is 106 Å². The van der Waals surface area contributed by atoms with Crippen LogP contribution in [-0.4, -0.2) is 50.8 Å². The van der Waals surface area contributed by atoms with E-state index in [4.69, 9.17) is 4.74 Å². The van der Waals surface area contributed by atoms with Gasteiger partial charge in [-0.25, -0.2) is 0 Å². The van der Waals surface area contributed by atoms with Gasteiger partial charge in [0.1, 0.15) is 0 Å². The van der Waals surface area contributed by atoms with Crippen LogP contribution < -0.4 is 5.32 Å². The predicted molar refractivity (Wildman–Crippen MR) is 71.3 cm³/mol. The summed E-state index contributed by atoms with van der Waals surface area (Å²) in [6.07, 6.45) is 8.50. The zero-order valence-corrected chi connectivity index (χ0v) is 11.5. The average molecular weight is 240 g/mol. The molecule has 1 saturated heterocycles. The topological polar surface area (TPSA) is 24.5 Å². The number of ether oxygens (including phenoxy) is 1. The second-order valence-electron chi connectivity index (χ2n) is 5.70. The van der Waals surface area contributed by atoms with Crippen molar-refractivity contribution in [3.05, 3.63) is 0 Å². The van der Waals surface area contributed by atoms with Crippen molar-refractivity contribution in [2.45, 2.75) is 50.7 Å². The lowest BCUT2D eigenvalue weighted by atomic mass is 9.89. The van der Waals surface area contributed by atoms with E-state index in [1.165, 1.54) is 58.2 Å². The van der Waals surface area contributed by atoms with E-state index in [2.05, 4.69) is 17.3 Å². The van der Waals surface area contributed by atoms with Crippen molar-refractivity contribution >= 4 is 0 Å². The van der Waals surface area contributed by atoms with E-state index in [9.17, 15) is 0 Å². The molecule has 1 aliphatic carbocycles. The summed E-state index contributed by atoms with van der Waals surface area (Å²) < 4.78 is 5.45. The van der Waals surface area contributed by atoms with Crippen LogP contribution in [0.15, 0.2) is 0 Å². The van der Waals surface area contributed by atoms with Gasteiger partial charge in [0.05, 0.1) is 6.10 Å². The van der Waals surface area contributed by atoms with Crippen LogP contribution >= 0.6 is 0 Å². The predicted octanol–water partition coefficient (Wildman–Crippen LogP) is 1.88. The van der Waals surface area contributed by atoms with E-state index in [1.807, 2.05) is 7.11 Å². The molecule has 1 saturated carbocycles. The van der Waals surface area contributed by atoms with Crippen molar-refractivity contribution in [2.75, 3.05) is 33.8 Å². The Morgan fingerprint density at radius 1 is 1.06 bits per heavy atom. The van der Waals surface area contributed by atoms with Gasteiger partial charge in [-0.05, 0) is 71.1 Å². The fourth-order valence-electron chi connectivity index (χ4n) is 3.46. The number of hydrogen-bond acceptors (Lipinski definition) is 3. The van der Waals surface area contributed by atoms with Gasteiger partial charge < -0.3 is 15.0 Å². The number of likely N-dealkylation sites (tertiary alicyclic amines) is 1. The zero-order valence-electron chi connectivity index (χ0n) is 11.5. The number of hydrogen-bond donors (Lipinski definition) is 1. The number of nitrogens with zero attached hydrogens (tertiary/aromatic N) is 1. The first kappa shape index (κ1) is 13.3. The number of nitrogens with one attached hydrogen (secondary N) is 1. The quantitative estimate of drug-likeness (QED) is 0.812. The standard InChI is InChI=1S/C14H28N2O/c1-15-11-12-7-9-16(10-8-12)13-3-5-14(17-2)6-4-13/h12-15H,3-11H2,1-2H3. The van der Waals surface area contributed by atoms with E-state index in [0.717, 1.165) is 12.0 Å².